The maximum atomic E-state index is 5.38. The zero-order valence-electron chi connectivity index (χ0n) is 9.27. The van der Waals surface area contributed by atoms with Crippen molar-refractivity contribution >= 4 is 0 Å². The van der Waals surface area contributed by atoms with E-state index in [1.165, 1.54) is 0 Å². The second-order valence-corrected chi connectivity index (χ2v) is 2.68. The van der Waals surface area contributed by atoms with Crippen LogP contribution in [0.25, 0.3) is 0 Å². The van der Waals surface area contributed by atoms with Crippen LogP contribution >= 0.6 is 0 Å². The topological polar surface area (TPSA) is 33.3 Å². The highest BCUT2D eigenvalue weighted by molar-refractivity contribution is 4.45. The molecule has 0 spiro atoms. The Labute approximate surface area is 76.9 Å². The molecular weight excluding hydrogens is 152 g/mol. The van der Waals surface area contributed by atoms with Crippen LogP contribution in [0.15, 0.2) is 0 Å². The molecule has 0 atom stereocenters. The van der Waals surface area contributed by atoms with Gasteiger partial charge in [0, 0.05) is 0 Å². The first kappa shape index (κ1) is 14.4. The molecule has 0 aromatic heterocycles. The quantitative estimate of drug-likeness (QED) is 0.621. The standard InChI is InChI=1S/C7H18N2O.C2H6/c1-6(2)5-10-7(8-3)9-4;1-2/h6-9H,5H2,1-4H3;1-2H3. The minimum absolute atomic E-state index is 0.0117. The second kappa shape index (κ2) is 10.9. The highest BCUT2D eigenvalue weighted by Crippen LogP contribution is 1.93. The molecule has 3 heteroatoms. The molecule has 0 rings (SSSR count). The van der Waals surface area contributed by atoms with E-state index in [0.29, 0.717) is 5.92 Å². The highest BCUT2D eigenvalue weighted by Gasteiger charge is 2.01. The first-order valence-electron chi connectivity index (χ1n) is 4.66. The molecule has 0 aliphatic carbocycles. The van der Waals surface area contributed by atoms with Crippen molar-refractivity contribution in [1.82, 2.24) is 10.6 Å². The average molecular weight is 176 g/mol. The van der Waals surface area contributed by atoms with Gasteiger partial charge in [-0.3, -0.25) is 10.6 Å². The number of nitrogens with one attached hydrogen (secondary N) is 2. The van der Waals surface area contributed by atoms with E-state index in [-0.39, 0.29) is 6.35 Å². The Bertz CT molecular complexity index is 72.9. The van der Waals surface area contributed by atoms with Crippen molar-refractivity contribution in [2.45, 2.75) is 34.0 Å². The molecule has 0 unspecified atom stereocenters. The molecular formula is C9H24N2O. The van der Waals surface area contributed by atoms with Gasteiger partial charge < -0.3 is 4.74 Å². The zero-order valence-corrected chi connectivity index (χ0v) is 9.27. The maximum absolute atomic E-state index is 5.38. The lowest BCUT2D eigenvalue weighted by Crippen LogP contribution is -2.40. The van der Waals surface area contributed by atoms with Crippen LogP contribution in [0.5, 0.6) is 0 Å². The van der Waals surface area contributed by atoms with Crippen LogP contribution in [0.2, 0.25) is 0 Å². The minimum Gasteiger partial charge on any atom is -0.350 e. The first-order chi connectivity index (χ1) is 5.70. The van der Waals surface area contributed by atoms with Crippen LogP contribution in [0.1, 0.15) is 27.7 Å². The number of hydrogen-bond acceptors (Lipinski definition) is 3. The van der Waals surface area contributed by atoms with Gasteiger partial charge in [-0.1, -0.05) is 27.7 Å². The summed E-state index contributed by atoms with van der Waals surface area (Å²) in [6.45, 7) is 9.04. The number of hydrogen-bond donors (Lipinski definition) is 2. The molecule has 76 valence electrons. The predicted molar refractivity (Wildman–Crippen MR) is 54.0 cm³/mol. The van der Waals surface area contributed by atoms with Gasteiger partial charge in [0.2, 0.25) is 0 Å². The smallest absolute Gasteiger partial charge is 0.162 e. The van der Waals surface area contributed by atoms with E-state index < -0.39 is 0 Å². The Morgan fingerprint density at radius 3 is 1.75 bits per heavy atom. The molecule has 0 fully saturated rings. The van der Waals surface area contributed by atoms with Crippen molar-refractivity contribution in [3.05, 3.63) is 0 Å². The van der Waals surface area contributed by atoms with E-state index in [1.54, 1.807) is 0 Å². The fourth-order valence-corrected chi connectivity index (χ4v) is 0.600. The molecule has 0 amide bonds. The van der Waals surface area contributed by atoms with Gasteiger partial charge >= 0.3 is 0 Å². The summed E-state index contributed by atoms with van der Waals surface area (Å²) in [7, 11) is 3.73. The van der Waals surface area contributed by atoms with E-state index in [0.717, 1.165) is 6.61 Å². The molecule has 0 radical (unpaired) electrons. The Morgan fingerprint density at radius 1 is 1.08 bits per heavy atom. The highest BCUT2D eigenvalue weighted by atomic mass is 16.5. The van der Waals surface area contributed by atoms with Crippen molar-refractivity contribution in [3.63, 3.8) is 0 Å². The Hall–Kier alpha value is -0.120. The Balaban J connectivity index is 0. The molecule has 12 heavy (non-hydrogen) atoms. The summed E-state index contributed by atoms with van der Waals surface area (Å²) in [6.07, 6.45) is -0.0117. The molecule has 0 aliphatic rings. The van der Waals surface area contributed by atoms with Crippen molar-refractivity contribution < 1.29 is 4.74 Å². The van der Waals surface area contributed by atoms with Gasteiger partial charge in [0.05, 0.1) is 6.61 Å². The predicted octanol–water partition coefficient (Wildman–Crippen LogP) is 1.41. The molecule has 0 bridgehead atoms. The molecule has 2 N–H and O–H groups in total. The van der Waals surface area contributed by atoms with Gasteiger partial charge in [0.1, 0.15) is 0 Å². The third-order valence-electron chi connectivity index (χ3n) is 1.12. The third-order valence-corrected chi connectivity index (χ3v) is 1.12. The van der Waals surface area contributed by atoms with E-state index in [1.807, 2.05) is 27.9 Å². The molecule has 0 aliphatic heterocycles. The fourth-order valence-electron chi connectivity index (χ4n) is 0.600. The van der Waals surface area contributed by atoms with E-state index in [9.17, 15) is 0 Å². The van der Waals surface area contributed by atoms with Crippen LogP contribution in [-0.4, -0.2) is 27.1 Å². The fraction of sp³-hybridized carbons (Fsp3) is 1.00. The Morgan fingerprint density at radius 2 is 1.50 bits per heavy atom. The van der Waals surface area contributed by atoms with Crippen LogP contribution in [-0.2, 0) is 4.74 Å². The van der Waals surface area contributed by atoms with Gasteiger partial charge in [-0.15, -0.1) is 0 Å². The van der Waals surface area contributed by atoms with Crippen LogP contribution in [0.4, 0.5) is 0 Å². The summed E-state index contributed by atoms with van der Waals surface area (Å²) in [5, 5.41) is 5.95. The molecule has 0 heterocycles. The average Bonchev–Trinajstić information content (AvgIpc) is 2.09. The van der Waals surface area contributed by atoms with Crippen LogP contribution in [0.3, 0.4) is 0 Å². The molecule has 0 saturated carbocycles. The summed E-state index contributed by atoms with van der Waals surface area (Å²) in [5.74, 6) is 0.587. The number of ether oxygens (including phenoxy) is 1. The van der Waals surface area contributed by atoms with Crippen molar-refractivity contribution in [1.29, 1.82) is 0 Å². The lowest BCUT2D eigenvalue weighted by Gasteiger charge is -2.16. The van der Waals surface area contributed by atoms with Gasteiger partial charge in [-0.05, 0) is 20.0 Å². The lowest BCUT2D eigenvalue weighted by molar-refractivity contribution is 0.00236. The van der Waals surface area contributed by atoms with E-state index >= 15 is 0 Å². The maximum Gasteiger partial charge on any atom is 0.162 e. The largest absolute Gasteiger partial charge is 0.350 e. The van der Waals surface area contributed by atoms with Gasteiger partial charge in [0.15, 0.2) is 6.35 Å². The SMILES string of the molecule is CC.CNC(NC)OCC(C)C. The van der Waals surface area contributed by atoms with Gasteiger partial charge in [0.25, 0.3) is 0 Å². The van der Waals surface area contributed by atoms with Crippen molar-refractivity contribution in [2.75, 3.05) is 20.7 Å². The van der Waals surface area contributed by atoms with Gasteiger partial charge in [-0.2, -0.15) is 0 Å². The second-order valence-electron chi connectivity index (χ2n) is 2.68. The zero-order chi connectivity index (χ0) is 9.98. The van der Waals surface area contributed by atoms with Crippen LogP contribution in [0, 0.1) is 5.92 Å². The van der Waals surface area contributed by atoms with Crippen molar-refractivity contribution in [2.24, 2.45) is 5.92 Å². The summed E-state index contributed by atoms with van der Waals surface area (Å²) in [4.78, 5) is 0. The number of rotatable bonds is 5. The molecule has 3 nitrogen and oxygen atoms in total. The van der Waals surface area contributed by atoms with Gasteiger partial charge in [-0.25, -0.2) is 0 Å². The minimum atomic E-state index is -0.0117. The Kier molecular flexibility index (Phi) is 13.1. The summed E-state index contributed by atoms with van der Waals surface area (Å²) in [5.41, 5.74) is 0. The first-order valence-corrected chi connectivity index (χ1v) is 4.66. The monoisotopic (exact) mass is 176 g/mol. The van der Waals surface area contributed by atoms with Crippen molar-refractivity contribution in [3.8, 4) is 0 Å². The summed E-state index contributed by atoms with van der Waals surface area (Å²) < 4.78 is 5.38. The summed E-state index contributed by atoms with van der Waals surface area (Å²) in [6, 6.07) is 0. The van der Waals surface area contributed by atoms with E-state index in [4.69, 9.17) is 4.74 Å². The summed E-state index contributed by atoms with van der Waals surface area (Å²) >= 11 is 0. The van der Waals surface area contributed by atoms with Crippen LogP contribution < -0.4 is 10.6 Å². The molecule has 0 aromatic rings. The van der Waals surface area contributed by atoms with E-state index in [2.05, 4.69) is 24.5 Å². The molecule has 0 saturated heterocycles. The third kappa shape index (κ3) is 9.88. The lowest BCUT2D eigenvalue weighted by atomic mass is 10.2. The molecule has 0 aromatic carbocycles. The normalized spacial score (nSPS) is 10.0.